The standard InChI is InChI=1S/C25H57NO4Si2/c1-8-29-31(4,5)24-16-12-10-14-20-27-22-18-26(3)19-23-28-21-15-11-13-17-25-32(6,7)30-9-2/h8-25H2,1-7H3. The summed E-state index contributed by atoms with van der Waals surface area (Å²) in [4.78, 5) is 2.31. The average Bonchev–Trinajstić information content (AvgIpc) is 2.71. The summed E-state index contributed by atoms with van der Waals surface area (Å²) in [6.45, 7) is 20.6. The second-order valence-corrected chi connectivity index (χ2v) is 18.9. The third kappa shape index (κ3) is 22.0. The average molecular weight is 492 g/mol. The van der Waals surface area contributed by atoms with Crippen LogP contribution in [0.25, 0.3) is 0 Å². The number of rotatable bonds is 24. The zero-order valence-electron chi connectivity index (χ0n) is 22.8. The highest BCUT2D eigenvalue weighted by molar-refractivity contribution is 6.71. The molecular weight excluding hydrogens is 434 g/mol. The van der Waals surface area contributed by atoms with E-state index in [0.717, 1.165) is 52.7 Å². The fourth-order valence-corrected chi connectivity index (χ4v) is 7.95. The van der Waals surface area contributed by atoms with E-state index in [1.165, 1.54) is 63.5 Å². The molecule has 0 heterocycles. The first-order valence-corrected chi connectivity index (χ1v) is 19.6. The number of nitrogens with zero attached hydrogens (tertiary/aromatic N) is 1. The SMILES string of the molecule is CCO[Si](C)(C)CCCCCCOCCN(C)CCOCCCCCC[Si](C)(C)OCC. The second kappa shape index (κ2) is 20.6. The van der Waals surface area contributed by atoms with E-state index in [-0.39, 0.29) is 0 Å². The minimum atomic E-state index is -1.38. The fraction of sp³-hybridized carbons (Fsp3) is 1.00. The van der Waals surface area contributed by atoms with Crippen LogP contribution in [0.5, 0.6) is 0 Å². The Morgan fingerprint density at radius 3 is 1.28 bits per heavy atom. The molecule has 194 valence electrons. The predicted octanol–water partition coefficient (Wildman–Crippen LogP) is 6.56. The van der Waals surface area contributed by atoms with E-state index >= 15 is 0 Å². The molecule has 0 aromatic carbocycles. The van der Waals surface area contributed by atoms with Crippen molar-refractivity contribution in [3.8, 4) is 0 Å². The van der Waals surface area contributed by atoms with Crippen LogP contribution in [-0.2, 0) is 18.3 Å². The normalized spacial score (nSPS) is 12.8. The Labute approximate surface area is 203 Å². The largest absolute Gasteiger partial charge is 0.418 e. The molecule has 0 aromatic rings. The van der Waals surface area contributed by atoms with Crippen molar-refractivity contribution >= 4 is 16.6 Å². The van der Waals surface area contributed by atoms with Gasteiger partial charge in [0, 0.05) is 39.5 Å². The molecule has 0 aliphatic heterocycles. The number of hydrogen-bond donors (Lipinski definition) is 0. The molecule has 0 rings (SSSR count). The third-order valence-electron chi connectivity index (χ3n) is 5.94. The van der Waals surface area contributed by atoms with E-state index in [4.69, 9.17) is 18.3 Å². The molecule has 0 saturated heterocycles. The summed E-state index contributed by atoms with van der Waals surface area (Å²) in [5.74, 6) is 0. The van der Waals surface area contributed by atoms with Crippen LogP contribution < -0.4 is 0 Å². The van der Waals surface area contributed by atoms with Gasteiger partial charge >= 0.3 is 0 Å². The predicted molar refractivity (Wildman–Crippen MR) is 144 cm³/mol. The van der Waals surface area contributed by atoms with Crippen LogP contribution in [0.4, 0.5) is 0 Å². The van der Waals surface area contributed by atoms with Crippen LogP contribution in [0.1, 0.15) is 65.2 Å². The first kappa shape index (κ1) is 32.2. The maximum absolute atomic E-state index is 5.89. The Morgan fingerprint density at radius 1 is 0.531 bits per heavy atom. The first-order chi connectivity index (χ1) is 15.2. The number of hydrogen-bond acceptors (Lipinski definition) is 5. The quantitative estimate of drug-likeness (QED) is 0.113. The van der Waals surface area contributed by atoms with Gasteiger partial charge in [0.1, 0.15) is 0 Å². The third-order valence-corrected chi connectivity index (χ3v) is 11.2. The van der Waals surface area contributed by atoms with E-state index in [0.29, 0.717) is 0 Å². The Morgan fingerprint density at radius 2 is 0.906 bits per heavy atom. The summed E-state index contributed by atoms with van der Waals surface area (Å²) in [6.07, 6.45) is 10.1. The summed E-state index contributed by atoms with van der Waals surface area (Å²) in [5.41, 5.74) is 0. The summed E-state index contributed by atoms with van der Waals surface area (Å²) in [5, 5.41) is 0. The zero-order valence-corrected chi connectivity index (χ0v) is 24.8. The molecule has 0 spiro atoms. The van der Waals surface area contributed by atoms with Crippen molar-refractivity contribution in [1.82, 2.24) is 4.90 Å². The van der Waals surface area contributed by atoms with Gasteiger partial charge in [0.05, 0.1) is 13.2 Å². The van der Waals surface area contributed by atoms with Gasteiger partial charge in [-0.05, 0) is 72.0 Å². The van der Waals surface area contributed by atoms with Crippen molar-refractivity contribution in [2.24, 2.45) is 0 Å². The highest BCUT2D eigenvalue weighted by Crippen LogP contribution is 2.17. The molecule has 0 unspecified atom stereocenters. The molecular formula is C25H57NO4Si2. The Balaban J connectivity index is 3.34. The van der Waals surface area contributed by atoms with Crippen LogP contribution in [0.3, 0.4) is 0 Å². The van der Waals surface area contributed by atoms with Crippen molar-refractivity contribution in [2.45, 2.75) is 103 Å². The summed E-state index contributed by atoms with van der Waals surface area (Å²) in [6, 6.07) is 2.56. The molecule has 32 heavy (non-hydrogen) atoms. The fourth-order valence-electron chi connectivity index (χ4n) is 3.90. The second-order valence-electron chi connectivity index (χ2n) is 10.2. The minimum Gasteiger partial charge on any atom is -0.418 e. The smallest absolute Gasteiger partial charge is 0.186 e. The molecule has 0 radical (unpaired) electrons. The highest BCUT2D eigenvalue weighted by Gasteiger charge is 2.21. The van der Waals surface area contributed by atoms with Crippen LogP contribution in [-0.4, -0.2) is 81.3 Å². The summed E-state index contributed by atoms with van der Waals surface area (Å²) >= 11 is 0. The van der Waals surface area contributed by atoms with Crippen molar-refractivity contribution < 1.29 is 18.3 Å². The Hall–Kier alpha value is 0.234. The topological polar surface area (TPSA) is 40.2 Å². The van der Waals surface area contributed by atoms with Crippen molar-refractivity contribution in [3.63, 3.8) is 0 Å². The van der Waals surface area contributed by atoms with Gasteiger partial charge < -0.3 is 23.2 Å². The molecule has 0 aliphatic carbocycles. The van der Waals surface area contributed by atoms with E-state index in [2.05, 4.69) is 52.0 Å². The number of unbranched alkanes of at least 4 members (excludes halogenated alkanes) is 6. The lowest BCUT2D eigenvalue weighted by Gasteiger charge is -2.21. The van der Waals surface area contributed by atoms with Gasteiger partial charge in [0.2, 0.25) is 0 Å². The molecule has 7 heteroatoms. The molecule has 0 aliphatic rings. The van der Waals surface area contributed by atoms with Crippen molar-refractivity contribution in [3.05, 3.63) is 0 Å². The zero-order chi connectivity index (χ0) is 24.1. The molecule has 0 atom stereocenters. The van der Waals surface area contributed by atoms with E-state index in [1.54, 1.807) is 0 Å². The highest BCUT2D eigenvalue weighted by atomic mass is 28.4. The van der Waals surface area contributed by atoms with Crippen LogP contribution in [0.15, 0.2) is 0 Å². The molecule has 0 N–H and O–H groups in total. The first-order valence-electron chi connectivity index (χ1n) is 13.3. The van der Waals surface area contributed by atoms with Gasteiger partial charge in [-0.15, -0.1) is 0 Å². The van der Waals surface area contributed by atoms with Gasteiger partial charge in [0.25, 0.3) is 0 Å². The van der Waals surface area contributed by atoms with Gasteiger partial charge in [-0.2, -0.15) is 0 Å². The number of ether oxygens (including phenoxy) is 2. The molecule has 0 fully saturated rings. The van der Waals surface area contributed by atoms with Gasteiger partial charge in [-0.1, -0.05) is 38.5 Å². The van der Waals surface area contributed by atoms with Crippen LogP contribution >= 0.6 is 0 Å². The summed E-state index contributed by atoms with van der Waals surface area (Å²) in [7, 11) is -0.608. The number of likely N-dealkylation sites (N-methyl/N-ethyl adjacent to an activating group) is 1. The monoisotopic (exact) mass is 491 g/mol. The maximum Gasteiger partial charge on any atom is 0.186 e. The van der Waals surface area contributed by atoms with Gasteiger partial charge in [-0.3, -0.25) is 0 Å². The lowest BCUT2D eigenvalue weighted by atomic mass is 10.2. The molecule has 0 aromatic heterocycles. The van der Waals surface area contributed by atoms with Crippen molar-refractivity contribution in [1.29, 1.82) is 0 Å². The molecule has 5 nitrogen and oxygen atoms in total. The molecule has 0 amide bonds. The summed E-state index contributed by atoms with van der Waals surface area (Å²) < 4.78 is 23.4. The van der Waals surface area contributed by atoms with E-state index in [1.807, 2.05) is 0 Å². The van der Waals surface area contributed by atoms with E-state index in [9.17, 15) is 0 Å². The van der Waals surface area contributed by atoms with E-state index < -0.39 is 16.6 Å². The van der Waals surface area contributed by atoms with Gasteiger partial charge in [-0.25, -0.2) is 0 Å². The van der Waals surface area contributed by atoms with Gasteiger partial charge in [0.15, 0.2) is 16.6 Å². The molecule has 0 saturated carbocycles. The van der Waals surface area contributed by atoms with Crippen LogP contribution in [0, 0.1) is 0 Å². The lowest BCUT2D eigenvalue weighted by molar-refractivity contribution is 0.0815. The minimum absolute atomic E-state index is 0.822. The Kier molecular flexibility index (Phi) is 20.7. The van der Waals surface area contributed by atoms with Crippen LogP contribution in [0.2, 0.25) is 38.3 Å². The lowest BCUT2D eigenvalue weighted by Crippen LogP contribution is -2.29. The Bertz CT molecular complexity index is 375. The maximum atomic E-state index is 5.89. The van der Waals surface area contributed by atoms with Crippen molar-refractivity contribution in [2.75, 3.05) is 59.8 Å². The molecule has 0 bridgehead atoms.